The first-order valence-corrected chi connectivity index (χ1v) is 5.26. The Kier molecular flexibility index (Phi) is 3.51. The normalized spacial score (nSPS) is 11.2. The van der Waals surface area contributed by atoms with Crippen LogP contribution in [0.25, 0.3) is 10.9 Å². The molecule has 1 heterocycles. The summed E-state index contributed by atoms with van der Waals surface area (Å²) in [5, 5.41) is 4.73. The molecule has 0 aliphatic rings. The molecule has 0 saturated carbocycles. The van der Waals surface area contributed by atoms with Crippen molar-refractivity contribution in [1.29, 1.82) is 0 Å². The molecule has 2 aromatic rings. The van der Waals surface area contributed by atoms with Crippen LogP contribution in [0.4, 0.5) is 0 Å². The number of rotatable bonds is 4. The third-order valence-corrected chi connectivity index (χ3v) is 2.61. The Balaban J connectivity index is 2.48. The lowest BCUT2D eigenvalue weighted by atomic mass is 10.2. The van der Waals surface area contributed by atoms with Gasteiger partial charge in [0.1, 0.15) is 0 Å². The molecule has 2 rings (SSSR count). The van der Waals surface area contributed by atoms with Gasteiger partial charge in [-0.1, -0.05) is 12.1 Å². The van der Waals surface area contributed by atoms with Crippen molar-refractivity contribution >= 4 is 10.9 Å². The predicted octanol–water partition coefficient (Wildman–Crippen LogP) is 1.02. The third-order valence-electron chi connectivity index (χ3n) is 2.61. The van der Waals surface area contributed by atoms with E-state index in [1.807, 2.05) is 18.2 Å². The number of nitrogens with zero attached hydrogens (tertiary/aromatic N) is 2. The molecule has 0 amide bonds. The quantitative estimate of drug-likeness (QED) is 0.741. The molecule has 1 aromatic carbocycles. The first kappa shape index (κ1) is 11.8. The number of aromatic nitrogens is 2. The zero-order chi connectivity index (χ0) is 12.3. The second-order valence-corrected chi connectivity index (χ2v) is 3.61. The third kappa shape index (κ3) is 2.35. The Morgan fingerprint density at radius 1 is 1.29 bits per heavy atom. The van der Waals surface area contributed by atoms with Gasteiger partial charge in [-0.25, -0.2) is 0 Å². The molecule has 0 aliphatic heterocycles. The van der Waals surface area contributed by atoms with Gasteiger partial charge < -0.3 is 9.47 Å². The Morgan fingerprint density at radius 2 is 2.00 bits per heavy atom. The molecule has 0 atom stereocenters. The van der Waals surface area contributed by atoms with Gasteiger partial charge in [0, 0.05) is 19.6 Å². The summed E-state index contributed by atoms with van der Waals surface area (Å²) in [5.41, 5.74) is 0.697. The molecule has 0 radical (unpaired) electrons. The zero-order valence-electron chi connectivity index (χ0n) is 9.79. The number of hydrogen-bond donors (Lipinski definition) is 0. The fourth-order valence-corrected chi connectivity index (χ4v) is 1.69. The summed E-state index contributed by atoms with van der Waals surface area (Å²) in [7, 11) is 3.14. The Bertz CT molecular complexity index is 561. The van der Waals surface area contributed by atoms with E-state index in [1.165, 1.54) is 6.20 Å². The highest BCUT2D eigenvalue weighted by Crippen LogP contribution is 2.09. The average molecular weight is 234 g/mol. The van der Waals surface area contributed by atoms with E-state index in [4.69, 9.17) is 9.47 Å². The van der Waals surface area contributed by atoms with E-state index in [9.17, 15) is 4.79 Å². The minimum atomic E-state index is -0.381. The van der Waals surface area contributed by atoms with Crippen LogP contribution in [0.2, 0.25) is 0 Å². The minimum absolute atomic E-state index is 0.0803. The maximum atomic E-state index is 11.6. The van der Waals surface area contributed by atoms with Crippen LogP contribution in [-0.4, -0.2) is 30.3 Å². The van der Waals surface area contributed by atoms with Crippen molar-refractivity contribution in [2.24, 2.45) is 0 Å². The van der Waals surface area contributed by atoms with E-state index in [1.54, 1.807) is 25.0 Å². The van der Waals surface area contributed by atoms with Gasteiger partial charge in [-0.3, -0.25) is 9.48 Å². The van der Waals surface area contributed by atoms with E-state index in [0.717, 1.165) is 5.52 Å². The van der Waals surface area contributed by atoms with Crippen molar-refractivity contribution < 1.29 is 9.47 Å². The van der Waals surface area contributed by atoms with Crippen molar-refractivity contribution in [3.63, 3.8) is 0 Å². The first-order valence-electron chi connectivity index (χ1n) is 5.26. The smallest absolute Gasteiger partial charge is 0.207 e. The van der Waals surface area contributed by atoms with Crippen LogP contribution < -0.4 is 5.43 Å². The number of ether oxygens (including phenoxy) is 2. The van der Waals surface area contributed by atoms with Crippen molar-refractivity contribution in [1.82, 2.24) is 9.78 Å². The molecule has 0 spiro atoms. The average Bonchev–Trinajstić information content (AvgIpc) is 2.38. The second-order valence-electron chi connectivity index (χ2n) is 3.61. The van der Waals surface area contributed by atoms with Crippen molar-refractivity contribution in [3.05, 3.63) is 40.7 Å². The van der Waals surface area contributed by atoms with Crippen molar-refractivity contribution in [2.45, 2.75) is 12.8 Å². The van der Waals surface area contributed by atoms with Crippen LogP contribution in [0.5, 0.6) is 0 Å². The number of para-hydroxylation sites is 1. The lowest BCUT2D eigenvalue weighted by molar-refractivity contribution is -0.112. The van der Waals surface area contributed by atoms with Crippen LogP contribution in [0, 0.1) is 0 Å². The van der Waals surface area contributed by atoms with E-state index < -0.39 is 0 Å². The van der Waals surface area contributed by atoms with Gasteiger partial charge in [-0.15, -0.1) is 0 Å². The predicted molar refractivity (Wildman–Crippen MR) is 63.8 cm³/mol. The van der Waals surface area contributed by atoms with E-state index in [2.05, 4.69) is 5.10 Å². The molecule has 5 heteroatoms. The topological polar surface area (TPSA) is 53.4 Å². The maximum absolute atomic E-state index is 11.6. The monoisotopic (exact) mass is 234 g/mol. The largest absolute Gasteiger partial charge is 0.354 e. The van der Waals surface area contributed by atoms with Gasteiger partial charge in [0.2, 0.25) is 5.43 Å². The Morgan fingerprint density at radius 3 is 2.71 bits per heavy atom. The summed E-state index contributed by atoms with van der Waals surface area (Å²) < 4.78 is 11.9. The van der Waals surface area contributed by atoms with Gasteiger partial charge in [0.25, 0.3) is 0 Å². The lowest BCUT2D eigenvalue weighted by Gasteiger charge is -2.15. The molecule has 5 nitrogen and oxygen atoms in total. The number of hydrogen-bond acceptors (Lipinski definition) is 4. The number of benzene rings is 1. The summed E-state index contributed by atoms with van der Waals surface area (Å²) in [5.74, 6) is 0. The van der Waals surface area contributed by atoms with Crippen LogP contribution >= 0.6 is 0 Å². The molecule has 0 saturated heterocycles. The Labute approximate surface area is 98.6 Å². The molecule has 17 heavy (non-hydrogen) atoms. The van der Waals surface area contributed by atoms with Gasteiger partial charge in [0.05, 0.1) is 18.3 Å². The standard InChI is InChI=1S/C12H14N2O3/c1-16-12(17-2)8-14-10-6-4-3-5-9(10)11(15)7-13-14/h3-7,12H,8H2,1-2H3. The van der Waals surface area contributed by atoms with Gasteiger partial charge in [-0.05, 0) is 12.1 Å². The molecule has 0 N–H and O–H groups in total. The summed E-state index contributed by atoms with van der Waals surface area (Å²) in [6.07, 6.45) is 0.929. The summed E-state index contributed by atoms with van der Waals surface area (Å²) in [6, 6.07) is 7.34. The first-order chi connectivity index (χ1) is 8.26. The fraction of sp³-hybridized carbons (Fsp3) is 0.333. The van der Waals surface area contributed by atoms with Crippen LogP contribution in [0.15, 0.2) is 35.3 Å². The van der Waals surface area contributed by atoms with Crippen molar-refractivity contribution in [3.8, 4) is 0 Å². The molecular weight excluding hydrogens is 220 g/mol. The second kappa shape index (κ2) is 5.07. The summed E-state index contributed by atoms with van der Waals surface area (Å²) in [6.45, 7) is 0.438. The van der Waals surface area contributed by atoms with E-state index in [0.29, 0.717) is 11.9 Å². The molecule has 0 fully saturated rings. The summed E-state index contributed by atoms with van der Waals surface area (Å²) >= 11 is 0. The molecule has 0 aliphatic carbocycles. The molecule has 90 valence electrons. The highest BCUT2D eigenvalue weighted by atomic mass is 16.7. The minimum Gasteiger partial charge on any atom is -0.354 e. The van der Waals surface area contributed by atoms with Crippen molar-refractivity contribution in [2.75, 3.05) is 14.2 Å². The van der Waals surface area contributed by atoms with Crippen LogP contribution in [0.3, 0.4) is 0 Å². The van der Waals surface area contributed by atoms with Gasteiger partial charge in [0.15, 0.2) is 6.29 Å². The molecule has 0 bridgehead atoms. The van der Waals surface area contributed by atoms with Crippen LogP contribution in [0.1, 0.15) is 0 Å². The molecule has 0 unspecified atom stereocenters. The summed E-state index contributed by atoms with van der Waals surface area (Å²) in [4.78, 5) is 11.6. The van der Waals surface area contributed by atoms with E-state index in [-0.39, 0.29) is 11.7 Å². The molecular formula is C12H14N2O3. The highest BCUT2D eigenvalue weighted by Gasteiger charge is 2.09. The number of fused-ring (bicyclic) bond motifs is 1. The molecule has 1 aromatic heterocycles. The number of methoxy groups -OCH3 is 2. The SMILES string of the molecule is COC(Cn1ncc(=O)c2ccccc21)OC. The highest BCUT2D eigenvalue weighted by molar-refractivity contribution is 5.77. The zero-order valence-corrected chi connectivity index (χ0v) is 9.79. The lowest BCUT2D eigenvalue weighted by Crippen LogP contribution is -2.23. The van der Waals surface area contributed by atoms with E-state index >= 15 is 0 Å². The fourth-order valence-electron chi connectivity index (χ4n) is 1.69. The van der Waals surface area contributed by atoms with Gasteiger partial charge in [-0.2, -0.15) is 5.10 Å². The van der Waals surface area contributed by atoms with Crippen LogP contribution in [-0.2, 0) is 16.0 Å². The maximum Gasteiger partial charge on any atom is 0.207 e. The van der Waals surface area contributed by atoms with Gasteiger partial charge >= 0.3 is 0 Å². The Hall–Kier alpha value is -1.72.